The number of nitrogens with one attached hydrogen (secondary N) is 1. The monoisotopic (exact) mass is 398 g/mol. The van der Waals surface area contributed by atoms with Gasteiger partial charge in [-0.25, -0.2) is 4.98 Å². The number of nitrogens with zero attached hydrogens (tertiary/aromatic N) is 1. The molecule has 2 aromatic rings. The summed E-state index contributed by atoms with van der Waals surface area (Å²) >= 11 is 6.89. The second-order valence-corrected chi connectivity index (χ2v) is 6.19. The normalized spacial score (nSPS) is 10.6. The van der Waals surface area contributed by atoms with Crippen molar-refractivity contribution in [2.75, 3.05) is 6.54 Å². The topological polar surface area (TPSA) is 34.2 Å². The second-order valence-electron chi connectivity index (χ2n) is 4.35. The minimum absolute atomic E-state index is 0.634. The van der Waals surface area contributed by atoms with Crippen LogP contribution in [-0.4, -0.2) is 11.5 Å². The zero-order valence-corrected chi connectivity index (χ0v) is 14.4. The first kappa shape index (κ1) is 15.5. The van der Waals surface area contributed by atoms with E-state index in [-0.39, 0.29) is 0 Å². The molecule has 0 aliphatic rings. The number of hydrogen-bond acceptors (Lipinski definition) is 3. The maximum atomic E-state index is 5.87. The molecule has 106 valence electrons. The molecule has 0 saturated carbocycles. The first-order valence-electron chi connectivity index (χ1n) is 6.47. The average molecular weight is 400 g/mol. The molecule has 0 aliphatic heterocycles. The highest BCUT2D eigenvalue weighted by Crippen LogP contribution is 2.27. The summed E-state index contributed by atoms with van der Waals surface area (Å²) < 4.78 is 7.81. The van der Waals surface area contributed by atoms with Crippen molar-refractivity contribution in [3.05, 3.63) is 51.0 Å². The van der Waals surface area contributed by atoms with Crippen molar-refractivity contribution in [1.29, 1.82) is 0 Å². The third kappa shape index (κ3) is 4.58. The van der Waals surface area contributed by atoms with Crippen LogP contribution in [0.3, 0.4) is 0 Å². The Kier molecular flexibility index (Phi) is 6.01. The molecule has 0 saturated heterocycles. The van der Waals surface area contributed by atoms with Crippen LogP contribution in [0.2, 0.25) is 0 Å². The molecule has 0 atom stereocenters. The van der Waals surface area contributed by atoms with Crippen molar-refractivity contribution >= 4 is 31.9 Å². The summed E-state index contributed by atoms with van der Waals surface area (Å²) in [6.45, 7) is 3.86. The maximum absolute atomic E-state index is 5.87. The standard InChI is InChI=1S/C15H16Br2N2O/c1-2-6-18-9-11-7-13(17)10-19-15(11)20-14-5-3-4-12(16)8-14/h3-5,7-8,10,18H,2,6,9H2,1H3. The molecular formula is C15H16Br2N2O. The Labute approximate surface area is 136 Å². The Balaban J connectivity index is 2.17. The predicted octanol–water partition coefficient (Wildman–Crippen LogP) is 4.90. The summed E-state index contributed by atoms with van der Waals surface area (Å²) in [5.41, 5.74) is 1.04. The molecule has 0 aliphatic carbocycles. The Morgan fingerprint density at radius 2 is 2.05 bits per heavy atom. The molecule has 1 heterocycles. The highest BCUT2D eigenvalue weighted by atomic mass is 79.9. The fraction of sp³-hybridized carbons (Fsp3) is 0.267. The van der Waals surface area contributed by atoms with Gasteiger partial charge in [0.15, 0.2) is 0 Å². The van der Waals surface area contributed by atoms with Gasteiger partial charge in [0.2, 0.25) is 5.88 Å². The molecule has 1 aromatic heterocycles. The maximum Gasteiger partial charge on any atom is 0.223 e. The van der Waals surface area contributed by atoms with Crippen LogP contribution in [0.1, 0.15) is 18.9 Å². The highest BCUT2D eigenvalue weighted by molar-refractivity contribution is 9.10. The van der Waals surface area contributed by atoms with Gasteiger partial charge in [0, 0.05) is 27.3 Å². The summed E-state index contributed by atoms with van der Waals surface area (Å²) in [4.78, 5) is 4.36. The summed E-state index contributed by atoms with van der Waals surface area (Å²) in [5.74, 6) is 1.40. The van der Waals surface area contributed by atoms with E-state index in [0.29, 0.717) is 5.88 Å². The summed E-state index contributed by atoms with van der Waals surface area (Å²) in [6, 6.07) is 9.77. The van der Waals surface area contributed by atoms with Gasteiger partial charge in [-0.15, -0.1) is 0 Å². The molecule has 0 unspecified atom stereocenters. The second kappa shape index (κ2) is 7.76. The van der Waals surface area contributed by atoms with Gasteiger partial charge < -0.3 is 10.1 Å². The molecule has 20 heavy (non-hydrogen) atoms. The van der Waals surface area contributed by atoms with E-state index in [4.69, 9.17) is 4.74 Å². The van der Waals surface area contributed by atoms with Crippen molar-refractivity contribution in [3.8, 4) is 11.6 Å². The van der Waals surface area contributed by atoms with Crippen molar-refractivity contribution in [2.45, 2.75) is 19.9 Å². The quantitative estimate of drug-likeness (QED) is 0.701. The van der Waals surface area contributed by atoms with Crippen molar-refractivity contribution in [1.82, 2.24) is 10.3 Å². The van der Waals surface area contributed by atoms with E-state index in [9.17, 15) is 0 Å². The molecule has 1 aromatic carbocycles. The molecule has 2 rings (SSSR count). The van der Waals surface area contributed by atoms with E-state index >= 15 is 0 Å². The largest absolute Gasteiger partial charge is 0.439 e. The minimum Gasteiger partial charge on any atom is -0.439 e. The molecule has 5 heteroatoms. The molecular weight excluding hydrogens is 384 g/mol. The molecule has 0 amide bonds. The van der Waals surface area contributed by atoms with Crippen LogP contribution >= 0.6 is 31.9 Å². The van der Waals surface area contributed by atoms with Gasteiger partial charge in [-0.05, 0) is 53.2 Å². The van der Waals surface area contributed by atoms with Crippen LogP contribution in [0.5, 0.6) is 11.6 Å². The van der Waals surface area contributed by atoms with E-state index in [0.717, 1.165) is 39.8 Å². The summed E-state index contributed by atoms with van der Waals surface area (Å²) in [7, 11) is 0. The van der Waals surface area contributed by atoms with Crippen LogP contribution in [0.4, 0.5) is 0 Å². The highest BCUT2D eigenvalue weighted by Gasteiger charge is 2.08. The minimum atomic E-state index is 0.634. The SMILES string of the molecule is CCCNCc1cc(Br)cnc1Oc1cccc(Br)c1. The Bertz CT molecular complexity index is 576. The molecule has 0 spiro atoms. The number of halogens is 2. The number of benzene rings is 1. The van der Waals surface area contributed by atoms with Crippen molar-refractivity contribution < 1.29 is 4.74 Å². The van der Waals surface area contributed by atoms with Gasteiger partial charge >= 0.3 is 0 Å². The van der Waals surface area contributed by atoms with Crippen LogP contribution in [0, 0.1) is 0 Å². The average Bonchev–Trinajstić information content (AvgIpc) is 2.42. The molecule has 0 radical (unpaired) electrons. The first-order valence-corrected chi connectivity index (χ1v) is 8.06. The lowest BCUT2D eigenvalue weighted by atomic mass is 10.2. The Hall–Kier alpha value is -0.910. The molecule has 0 fully saturated rings. The van der Waals surface area contributed by atoms with Crippen LogP contribution in [0.25, 0.3) is 0 Å². The van der Waals surface area contributed by atoms with Crippen molar-refractivity contribution in [2.24, 2.45) is 0 Å². The fourth-order valence-corrected chi connectivity index (χ4v) is 2.49. The van der Waals surface area contributed by atoms with Gasteiger partial charge in [0.1, 0.15) is 5.75 Å². The van der Waals surface area contributed by atoms with Gasteiger partial charge in [0.05, 0.1) is 0 Å². The molecule has 0 bridgehead atoms. The van der Waals surface area contributed by atoms with Gasteiger partial charge in [0.25, 0.3) is 0 Å². The van der Waals surface area contributed by atoms with Crippen LogP contribution in [0.15, 0.2) is 45.5 Å². The third-order valence-corrected chi connectivity index (χ3v) is 3.57. The Morgan fingerprint density at radius 3 is 2.80 bits per heavy atom. The number of rotatable bonds is 6. The molecule has 3 nitrogen and oxygen atoms in total. The molecule has 1 N–H and O–H groups in total. The number of ether oxygens (including phenoxy) is 1. The number of aromatic nitrogens is 1. The van der Waals surface area contributed by atoms with Gasteiger partial charge in [-0.2, -0.15) is 0 Å². The van der Waals surface area contributed by atoms with E-state index in [1.807, 2.05) is 30.3 Å². The lowest BCUT2D eigenvalue weighted by Gasteiger charge is -2.11. The summed E-state index contributed by atoms with van der Waals surface area (Å²) in [5, 5.41) is 3.37. The smallest absolute Gasteiger partial charge is 0.223 e. The van der Waals surface area contributed by atoms with E-state index < -0.39 is 0 Å². The summed E-state index contributed by atoms with van der Waals surface area (Å²) in [6.07, 6.45) is 2.85. The van der Waals surface area contributed by atoms with Crippen LogP contribution in [-0.2, 0) is 6.54 Å². The van der Waals surface area contributed by atoms with E-state index in [1.165, 1.54) is 0 Å². The van der Waals surface area contributed by atoms with Gasteiger partial charge in [-0.3, -0.25) is 0 Å². The lowest BCUT2D eigenvalue weighted by molar-refractivity contribution is 0.452. The van der Waals surface area contributed by atoms with Crippen molar-refractivity contribution in [3.63, 3.8) is 0 Å². The third-order valence-electron chi connectivity index (χ3n) is 2.64. The van der Waals surface area contributed by atoms with Gasteiger partial charge in [-0.1, -0.05) is 28.9 Å². The Morgan fingerprint density at radius 1 is 1.20 bits per heavy atom. The van der Waals surface area contributed by atoms with E-state index in [2.05, 4.69) is 49.1 Å². The zero-order chi connectivity index (χ0) is 14.4. The van der Waals surface area contributed by atoms with E-state index in [1.54, 1.807) is 6.20 Å². The lowest BCUT2D eigenvalue weighted by Crippen LogP contribution is -2.14. The first-order chi connectivity index (χ1) is 9.69. The zero-order valence-electron chi connectivity index (χ0n) is 11.2. The number of pyridine rings is 1. The fourth-order valence-electron chi connectivity index (χ4n) is 1.73. The predicted molar refractivity (Wildman–Crippen MR) is 88.2 cm³/mol. The number of hydrogen-bond donors (Lipinski definition) is 1. The van der Waals surface area contributed by atoms with Crippen LogP contribution < -0.4 is 10.1 Å².